The van der Waals surface area contributed by atoms with Gasteiger partial charge in [-0.25, -0.2) is 0 Å². The zero-order valence-electron chi connectivity index (χ0n) is 8.28. The molecule has 0 fully saturated rings. The van der Waals surface area contributed by atoms with Crippen molar-refractivity contribution in [2.75, 3.05) is 6.61 Å². The Labute approximate surface area is 83.0 Å². The van der Waals surface area contributed by atoms with E-state index in [1.165, 1.54) is 18.5 Å². The molecule has 4 heteroatoms. The molecule has 2 nitrogen and oxygen atoms in total. The molecule has 0 saturated carbocycles. The normalized spacial score (nSPS) is 13.3. The van der Waals surface area contributed by atoms with Crippen LogP contribution in [0.25, 0.3) is 0 Å². The van der Waals surface area contributed by atoms with E-state index in [9.17, 15) is 0 Å². The maximum absolute atomic E-state index is 9.00. The summed E-state index contributed by atoms with van der Waals surface area (Å²) in [5, 5.41) is 0. The number of hydrogen-bond acceptors (Lipinski definition) is 2. The predicted molar refractivity (Wildman–Crippen MR) is 61.6 cm³/mol. The van der Waals surface area contributed by atoms with Crippen LogP contribution < -0.4 is 0 Å². The van der Waals surface area contributed by atoms with Gasteiger partial charge in [-0.1, -0.05) is 0 Å². The molecule has 0 saturated heterocycles. The van der Waals surface area contributed by atoms with Gasteiger partial charge in [0.2, 0.25) is 0 Å². The molecule has 0 spiro atoms. The van der Waals surface area contributed by atoms with Crippen molar-refractivity contribution in [3.8, 4) is 0 Å². The molecule has 0 aromatic carbocycles. The molecule has 1 unspecified atom stereocenters. The van der Waals surface area contributed by atoms with E-state index in [4.69, 9.17) is 9.42 Å². The maximum atomic E-state index is 9.00. The monoisotopic (exact) mass is 200 g/mol. The van der Waals surface area contributed by atoms with Crippen molar-refractivity contribution in [3.63, 3.8) is 0 Å². The van der Waals surface area contributed by atoms with Crippen molar-refractivity contribution in [1.82, 2.24) is 0 Å². The van der Waals surface area contributed by atoms with Crippen LogP contribution in [0.4, 0.5) is 0 Å². The summed E-state index contributed by atoms with van der Waals surface area (Å²) in [7, 11) is 2.06. The van der Waals surface area contributed by atoms with E-state index < -0.39 is 8.38 Å². The first-order valence-electron chi connectivity index (χ1n) is 4.69. The number of unbranched alkanes of at least 4 members (excludes halogenated alkanes) is 2. The van der Waals surface area contributed by atoms with Gasteiger partial charge in [0.15, 0.2) is 0 Å². The van der Waals surface area contributed by atoms with Crippen LogP contribution in [0, 0.1) is 0 Å². The molecule has 74 valence electrons. The second-order valence-corrected chi connectivity index (χ2v) is 3.95. The average molecular weight is 200 g/mol. The summed E-state index contributed by atoms with van der Waals surface area (Å²) < 4.78 is 5.05. The molecule has 0 aromatic heterocycles. The van der Waals surface area contributed by atoms with Crippen LogP contribution in [0.1, 0.15) is 32.6 Å². The molecule has 1 atom stereocenters. The molecule has 0 heterocycles. The average Bonchev–Trinajstić information content (AvgIpc) is 2.16. The van der Waals surface area contributed by atoms with Crippen LogP contribution in [-0.4, -0.2) is 24.7 Å². The molecule has 0 aliphatic rings. The second kappa shape index (κ2) is 10.1. The third-order valence-electron chi connectivity index (χ3n) is 1.56. The van der Waals surface area contributed by atoms with E-state index in [0.717, 1.165) is 12.8 Å². The van der Waals surface area contributed by atoms with Crippen LogP contribution in [0.5, 0.6) is 0 Å². The third-order valence-corrected chi connectivity index (χ3v) is 2.31. The fourth-order valence-corrected chi connectivity index (χ4v) is 1.22. The molecule has 0 bridgehead atoms. The Balaban J connectivity index is 3.15. The topological polar surface area (TPSA) is 29.5 Å². The minimum absolute atomic E-state index is 0.580. The van der Waals surface area contributed by atoms with Gasteiger partial charge >= 0.3 is 82.4 Å². The van der Waals surface area contributed by atoms with Gasteiger partial charge in [0.1, 0.15) is 0 Å². The van der Waals surface area contributed by atoms with Gasteiger partial charge in [-0.05, 0) is 0 Å². The van der Waals surface area contributed by atoms with Crippen LogP contribution in [0.15, 0.2) is 12.2 Å². The van der Waals surface area contributed by atoms with Crippen molar-refractivity contribution >= 4 is 21.6 Å². The number of rotatable bonds is 8. The van der Waals surface area contributed by atoms with Crippen molar-refractivity contribution in [2.24, 2.45) is 0 Å². The van der Waals surface area contributed by atoms with E-state index in [2.05, 4.69) is 26.6 Å². The Hall–Kier alpha value is 0.0249. The molecule has 0 aliphatic carbocycles. The molecule has 1 N–H and O–H groups in total. The molecule has 0 aliphatic heterocycles. The first-order valence-corrected chi connectivity index (χ1v) is 5.98. The molecular formula is C9H18BO2P. The number of allylic oxidation sites excluding steroid dienone is 1. The second-order valence-electron chi connectivity index (χ2n) is 2.72. The first-order chi connectivity index (χ1) is 6.31. The summed E-state index contributed by atoms with van der Waals surface area (Å²) >= 11 is 0. The van der Waals surface area contributed by atoms with Crippen LogP contribution >= 0.6 is 8.38 Å². The fourth-order valence-electron chi connectivity index (χ4n) is 0.825. The van der Waals surface area contributed by atoms with Gasteiger partial charge in [0, 0.05) is 0 Å². The summed E-state index contributed by atoms with van der Waals surface area (Å²) in [5.41, 5.74) is 1.44. The Bertz CT molecular complexity index is 151. The van der Waals surface area contributed by atoms with E-state index in [1.807, 2.05) is 0 Å². The van der Waals surface area contributed by atoms with Gasteiger partial charge in [0.05, 0.1) is 0 Å². The summed E-state index contributed by atoms with van der Waals surface area (Å²) in [6.45, 7) is 2.76. The molecule has 0 aromatic rings. The molecule has 0 amide bonds. The fraction of sp³-hybridized carbons (Fsp3) is 0.667. The predicted octanol–water partition coefficient (Wildman–Crippen LogP) is 2.10. The Morgan fingerprint density at radius 3 is 2.69 bits per heavy atom. The van der Waals surface area contributed by atoms with Gasteiger partial charge in [-0.15, -0.1) is 0 Å². The van der Waals surface area contributed by atoms with E-state index in [1.54, 1.807) is 0 Å². The van der Waals surface area contributed by atoms with Crippen LogP contribution in [-0.2, 0) is 4.52 Å². The van der Waals surface area contributed by atoms with E-state index in [-0.39, 0.29) is 0 Å². The quantitative estimate of drug-likeness (QED) is 0.281. The zero-order valence-corrected chi connectivity index (χ0v) is 9.17. The summed E-state index contributed by atoms with van der Waals surface area (Å²) in [5.74, 6) is 0. The van der Waals surface area contributed by atoms with Crippen molar-refractivity contribution in [1.29, 1.82) is 0 Å². The van der Waals surface area contributed by atoms with E-state index >= 15 is 0 Å². The van der Waals surface area contributed by atoms with Crippen molar-refractivity contribution in [3.05, 3.63) is 12.2 Å². The molecule has 0 radical (unpaired) electrons. The van der Waals surface area contributed by atoms with E-state index in [0.29, 0.717) is 6.61 Å². The Morgan fingerprint density at radius 1 is 1.38 bits per heavy atom. The molecule has 0 rings (SSSR count). The summed E-state index contributed by atoms with van der Waals surface area (Å²) in [6.07, 6.45) is 8.76. The Kier molecular flexibility index (Phi) is 10.1. The number of hydrogen-bond donors (Lipinski definition) is 1. The third kappa shape index (κ3) is 9.94. The standard InChI is InChI=1S/C9H18BO2P/c1-2-3-4-5-6-7-8-12-13(11)9-10/h5-6,9-11H,2-4,7-8H2,1H3/b6-5-. The van der Waals surface area contributed by atoms with Gasteiger partial charge in [-0.3, -0.25) is 0 Å². The Morgan fingerprint density at radius 2 is 2.08 bits per heavy atom. The van der Waals surface area contributed by atoms with Crippen molar-refractivity contribution in [2.45, 2.75) is 32.6 Å². The summed E-state index contributed by atoms with van der Waals surface area (Å²) in [4.78, 5) is 9.00. The first kappa shape index (κ1) is 13.0. The van der Waals surface area contributed by atoms with Crippen molar-refractivity contribution < 1.29 is 9.42 Å². The minimum atomic E-state index is -1.38. The van der Waals surface area contributed by atoms with Crippen LogP contribution in [0.2, 0.25) is 0 Å². The summed E-state index contributed by atoms with van der Waals surface area (Å²) in [6, 6.07) is 0. The van der Waals surface area contributed by atoms with Crippen LogP contribution in [0.3, 0.4) is 0 Å². The van der Waals surface area contributed by atoms with Gasteiger partial charge < -0.3 is 0 Å². The van der Waals surface area contributed by atoms with Gasteiger partial charge in [-0.2, -0.15) is 0 Å². The molecular weight excluding hydrogens is 182 g/mol. The SMILES string of the molecule is B=CP(O)OCC/C=C\CCCC. The van der Waals surface area contributed by atoms with Gasteiger partial charge in [0.25, 0.3) is 0 Å². The molecule has 13 heavy (non-hydrogen) atoms. The zero-order chi connectivity index (χ0) is 9.94.